The van der Waals surface area contributed by atoms with Crippen LogP contribution in [0.1, 0.15) is 30.8 Å². The zero-order valence-corrected chi connectivity index (χ0v) is 10.7. The molecule has 0 atom stereocenters. The van der Waals surface area contributed by atoms with E-state index in [9.17, 15) is 8.42 Å². The lowest BCUT2D eigenvalue weighted by molar-refractivity contribution is 0.244. The number of hydrogen-bond acceptors (Lipinski definition) is 4. The van der Waals surface area contributed by atoms with Gasteiger partial charge >= 0.3 is 0 Å². The summed E-state index contributed by atoms with van der Waals surface area (Å²) in [5.41, 5.74) is 0. The molecule has 0 radical (unpaired) electrons. The zero-order chi connectivity index (χ0) is 12.5. The zero-order valence-electron chi connectivity index (χ0n) is 9.85. The molecule has 1 aromatic heterocycles. The van der Waals surface area contributed by atoms with Crippen LogP contribution in [-0.4, -0.2) is 30.9 Å². The monoisotopic (exact) mass is 259 g/mol. The Morgan fingerprint density at radius 3 is 2.53 bits per heavy atom. The van der Waals surface area contributed by atoms with Crippen LogP contribution in [0.15, 0.2) is 15.4 Å². The minimum atomic E-state index is -3.45. The Morgan fingerprint density at radius 2 is 2.00 bits per heavy atom. The van der Waals surface area contributed by atoms with Crippen LogP contribution in [0, 0.1) is 6.92 Å². The van der Waals surface area contributed by atoms with Crippen LogP contribution >= 0.6 is 0 Å². The van der Waals surface area contributed by atoms with Crippen molar-refractivity contribution in [3.8, 4) is 0 Å². The molecule has 0 aliphatic carbocycles. The number of aliphatic hydroxyl groups excluding tert-OH is 1. The van der Waals surface area contributed by atoms with E-state index in [0.717, 1.165) is 19.3 Å². The molecule has 2 heterocycles. The highest BCUT2D eigenvalue weighted by atomic mass is 32.2. The topological polar surface area (TPSA) is 70.8 Å². The van der Waals surface area contributed by atoms with Crippen molar-refractivity contribution in [2.24, 2.45) is 0 Å². The minimum absolute atomic E-state index is 0.184. The molecule has 17 heavy (non-hydrogen) atoms. The fourth-order valence-electron chi connectivity index (χ4n) is 2.10. The number of nitrogens with zero attached hydrogens (tertiary/aromatic N) is 1. The molecule has 96 valence electrons. The molecule has 1 aliphatic heterocycles. The quantitative estimate of drug-likeness (QED) is 0.887. The van der Waals surface area contributed by atoms with Gasteiger partial charge in [0.2, 0.25) is 10.0 Å². The van der Waals surface area contributed by atoms with E-state index in [1.54, 1.807) is 6.92 Å². The Bertz CT molecular complexity index is 486. The van der Waals surface area contributed by atoms with Crippen LogP contribution in [0.3, 0.4) is 0 Å². The maximum Gasteiger partial charge on any atom is 0.246 e. The molecular formula is C11H17NO4S. The second-order valence-corrected chi connectivity index (χ2v) is 6.16. The molecule has 0 amide bonds. The van der Waals surface area contributed by atoms with E-state index >= 15 is 0 Å². The summed E-state index contributed by atoms with van der Waals surface area (Å²) in [4.78, 5) is 0.184. The Hall–Kier alpha value is -0.850. The lowest BCUT2D eigenvalue weighted by atomic mass is 10.2. The maximum absolute atomic E-state index is 12.3. The lowest BCUT2D eigenvalue weighted by Gasteiger charge is -2.25. The molecule has 5 nitrogen and oxygen atoms in total. The largest absolute Gasteiger partial charge is 0.462 e. The van der Waals surface area contributed by atoms with E-state index in [4.69, 9.17) is 9.52 Å². The first-order chi connectivity index (χ1) is 8.05. The second-order valence-electron chi connectivity index (χ2n) is 4.26. The number of furan rings is 1. The Balaban J connectivity index is 2.33. The van der Waals surface area contributed by atoms with Crippen molar-refractivity contribution in [1.29, 1.82) is 0 Å². The smallest absolute Gasteiger partial charge is 0.246 e. The highest BCUT2D eigenvalue weighted by Gasteiger charge is 2.29. The van der Waals surface area contributed by atoms with Gasteiger partial charge in [0, 0.05) is 19.2 Å². The van der Waals surface area contributed by atoms with E-state index in [1.165, 1.54) is 10.4 Å². The van der Waals surface area contributed by atoms with Crippen LogP contribution in [-0.2, 0) is 16.6 Å². The molecule has 6 heteroatoms. The van der Waals surface area contributed by atoms with Gasteiger partial charge in [-0.3, -0.25) is 0 Å². The van der Waals surface area contributed by atoms with Crippen LogP contribution in [0.4, 0.5) is 0 Å². The summed E-state index contributed by atoms with van der Waals surface area (Å²) in [5.74, 6) is 0.637. The van der Waals surface area contributed by atoms with E-state index in [-0.39, 0.29) is 17.3 Å². The second kappa shape index (κ2) is 4.80. The van der Waals surface area contributed by atoms with E-state index < -0.39 is 10.0 Å². The van der Waals surface area contributed by atoms with Gasteiger partial charge in [-0.2, -0.15) is 4.31 Å². The van der Waals surface area contributed by atoms with Crippen LogP contribution in [0.2, 0.25) is 0 Å². The van der Waals surface area contributed by atoms with E-state index in [1.807, 2.05) is 0 Å². The number of hydrogen-bond donors (Lipinski definition) is 1. The molecular weight excluding hydrogens is 242 g/mol. The summed E-state index contributed by atoms with van der Waals surface area (Å²) in [5, 5.41) is 8.95. The predicted molar refractivity (Wildman–Crippen MR) is 62.0 cm³/mol. The molecule has 1 saturated heterocycles. The van der Waals surface area contributed by atoms with Gasteiger partial charge in [-0.15, -0.1) is 0 Å². The summed E-state index contributed by atoms with van der Waals surface area (Å²) in [6, 6.07) is 1.42. The predicted octanol–water partition coefficient (Wildman–Crippen LogP) is 1.25. The maximum atomic E-state index is 12.3. The molecule has 0 aromatic carbocycles. The van der Waals surface area contributed by atoms with Crippen LogP contribution < -0.4 is 0 Å². The summed E-state index contributed by atoms with van der Waals surface area (Å²) in [7, 11) is -3.45. The fraction of sp³-hybridized carbons (Fsp3) is 0.636. The normalized spacial score (nSPS) is 18.5. The highest BCUT2D eigenvalue weighted by Crippen LogP contribution is 2.25. The van der Waals surface area contributed by atoms with Crippen molar-refractivity contribution in [1.82, 2.24) is 4.31 Å². The van der Waals surface area contributed by atoms with Crippen molar-refractivity contribution in [2.75, 3.05) is 13.1 Å². The van der Waals surface area contributed by atoms with Crippen molar-refractivity contribution in [3.05, 3.63) is 17.6 Å². The molecule has 0 bridgehead atoms. The first-order valence-corrected chi connectivity index (χ1v) is 7.20. The van der Waals surface area contributed by atoms with Gasteiger partial charge in [0.25, 0.3) is 0 Å². The van der Waals surface area contributed by atoms with Crippen molar-refractivity contribution < 1.29 is 17.9 Å². The van der Waals surface area contributed by atoms with Gasteiger partial charge < -0.3 is 9.52 Å². The van der Waals surface area contributed by atoms with Crippen molar-refractivity contribution in [2.45, 2.75) is 37.7 Å². The highest BCUT2D eigenvalue weighted by molar-refractivity contribution is 7.89. The van der Waals surface area contributed by atoms with E-state index in [0.29, 0.717) is 18.8 Å². The summed E-state index contributed by atoms with van der Waals surface area (Å²) >= 11 is 0. The molecule has 0 saturated carbocycles. The van der Waals surface area contributed by atoms with Gasteiger partial charge in [0.05, 0.1) is 0 Å². The molecule has 1 aliphatic rings. The van der Waals surface area contributed by atoms with Gasteiger partial charge in [0.1, 0.15) is 23.0 Å². The summed E-state index contributed by atoms with van der Waals surface area (Å²) in [6.07, 6.45) is 2.89. The van der Waals surface area contributed by atoms with Crippen LogP contribution in [0.25, 0.3) is 0 Å². The van der Waals surface area contributed by atoms with E-state index in [2.05, 4.69) is 0 Å². The number of rotatable bonds is 3. The molecule has 0 unspecified atom stereocenters. The molecule has 1 fully saturated rings. The standard InChI is InChI=1S/C11H17NO4S/c1-9-11(7-10(8-13)16-9)17(14,15)12-5-3-2-4-6-12/h7,13H,2-6,8H2,1H3. The van der Waals surface area contributed by atoms with Crippen molar-refractivity contribution >= 4 is 10.0 Å². The minimum Gasteiger partial charge on any atom is -0.462 e. The number of piperidine rings is 1. The first kappa shape index (κ1) is 12.6. The van der Waals surface area contributed by atoms with Crippen LogP contribution in [0.5, 0.6) is 0 Å². The Labute approximate surface area is 101 Å². The lowest BCUT2D eigenvalue weighted by Crippen LogP contribution is -2.35. The van der Waals surface area contributed by atoms with Gasteiger partial charge in [-0.05, 0) is 19.8 Å². The Kier molecular flexibility index (Phi) is 3.56. The van der Waals surface area contributed by atoms with Crippen molar-refractivity contribution in [3.63, 3.8) is 0 Å². The third kappa shape index (κ3) is 2.38. The number of aliphatic hydroxyl groups is 1. The molecule has 2 rings (SSSR count). The number of sulfonamides is 1. The Morgan fingerprint density at radius 1 is 1.35 bits per heavy atom. The van der Waals surface area contributed by atoms with Gasteiger partial charge in [-0.1, -0.05) is 6.42 Å². The third-order valence-corrected chi connectivity index (χ3v) is 5.02. The molecule has 0 spiro atoms. The summed E-state index contributed by atoms with van der Waals surface area (Å²) in [6.45, 7) is 2.47. The average Bonchev–Trinajstić information content (AvgIpc) is 2.72. The SMILES string of the molecule is Cc1oc(CO)cc1S(=O)(=O)N1CCCCC1. The van der Waals surface area contributed by atoms with Gasteiger partial charge in [-0.25, -0.2) is 8.42 Å². The molecule has 1 aromatic rings. The average molecular weight is 259 g/mol. The van der Waals surface area contributed by atoms with Gasteiger partial charge in [0.15, 0.2) is 0 Å². The third-order valence-electron chi connectivity index (χ3n) is 3.01. The number of aryl methyl sites for hydroxylation is 1. The summed E-state index contributed by atoms with van der Waals surface area (Å²) < 4.78 is 31.3. The fourth-order valence-corrected chi connectivity index (χ4v) is 3.80. The molecule has 1 N–H and O–H groups in total. The first-order valence-electron chi connectivity index (χ1n) is 5.76.